The molecule has 10 heteroatoms. The maximum Gasteiger partial charge on any atom is 0.416 e. The van der Waals surface area contributed by atoms with E-state index in [1.165, 1.54) is 25.3 Å². The van der Waals surface area contributed by atoms with Crippen molar-refractivity contribution in [3.8, 4) is 17.0 Å². The fraction of sp³-hybridized carbons (Fsp3) is 0.158. The van der Waals surface area contributed by atoms with E-state index in [0.29, 0.717) is 5.56 Å². The topological polar surface area (TPSA) is 78.4 Å². The van der Waals surface area contributed by atoms with Gasteiger partial charge in [-0.2, -0.15) is 13.2 Å². The molecule has 3 aromatic rings. The Morgan fingerprint density at radius 1 is 1.14 bits per heavy atom. The van der Waals surface area contributed by atoms with E-state index in [-0.39, 0.29) is 11.6 Å². The second kappa shape index (κ2) is 7.53. The van der Waals surface area contributed by atoms with Crippen LogP contribution in [0.25, 0.3) is 11.3 Å². The molecule has 2 N–H and O–H groups in total. The van der Waals surface area contributed by atoms with Crippen molar-refractivity contribution in [1.29, 1.82) is 0 Å². The van der Waals surface area contributed by atoms with Crippen LogP contribution in [-0.4, -0.2) is 10.9 Å². The molecule has 0 aliphatic heterocycles. The lowest BCUT2D eigenvalue weighted by atomic mass is 10.1. The molecule has 0 unspecified atom stereocenters. The molecule has 0 saturated heterocycles. The third kappa shape index (κ3) is 4.20. The number of rotatable bonds is 5. The van der Waals surface area contributed by atoms with Gasteiger partial charge in [-0.05, 0) is 31.2 Å². The zero-order valence-electron chi connectivity index (χ0n) is 14.8. The minimum absolute atomic E-state index is 0.00996. The Morgan fingerprint density at radius 2 is 1.79 bits per heavy atom. The van der Waals surface area contributed by atoms with E-state index < -0.39 is 46.7 Å². The normalized spacial score (nSPS) is 12.6. The molecule has 0 fully saturated rings. The van der Waals surface area contributed by atoms with Gasteiger partial charge in [-0.1, -0.05) is 12.1 Å². The molecule has 0 spiro atoms. The number of alkyl halides is 3. The minimum atomic E-state index is -4.46. The first-order chi connectivity index (χ1) is 13.6. The van der Waals surface area contributed by atoms with Gasteiger partial charge in [0.1, 0.15) is 23.3 Å². The van der Waals surface area contributed by atoms with Gasteiger partial charge in [-0.15, -0.1) is 0 Å². The van der Waals surface area contributed by atoms with Crippen LogP contribution in [0.4, 0.5) is 22.0 Å². The standard InChI is InChI=1S/C19H13F5N2O3/c1-9(29-14-7-6-12(20)15(16(14)21)17(25)27)18-26-13(8-28-18)10-2-4-11(5-3-10)19(22,23)24/h2-9H,1H3,(H2,25,27)/t9-/m1/s1. The second-order valence-electron chi connectivity index (χ2n) is 6.00. The molecule has 0 aliphatic carbocycles. The molecule has 3 rings (SSSR count). The fourth-order valence-corrected chi connectivity index (χ4v) is 2.53. The van der Waals surface area contributed by atoms with Crippen LogP contribution in [0.15, 0.2) is 47.1 Å². The molecule has 29 heavy (non-hydrogen) atoms. The molecule has 5 nitrogen and oxygen atoms in total. The number of benzene rings is 2. The number of carbonyl (C=O) groups is 1. The van der Waals surface area contributed by atoms with E-state index in [4.69, 9.17) is 14.9 Å². The number of hydrogen-bond donors (Lipinski definition) is 1. The Kier molecular flexibility index (Phi) is 5.27. The van der Waals surface area contributed by atoms with Gasteiger partial charge < -0.3 is 14.9 Å². The number of hydrogen-bond acceptors (Lipinski definition) is 4. The molecule has 1 amide bonds. The van der Waals surface area contributed by atoms with Crippen LogP contribution >= 0.6 is 0 Å². The largest absolute Gasteiger partial charge is 0.478 e. The van der Waals surface area contributed by atoms with E-state index in [1.54, 1.807) is 0 Å². The van der Waals surface area contributed by atoms with Crippen molar-refractivity contribution in [2.45, 2.75) is 19.2 Å². The summed E-state index contributed by atoms with van der Waals surface area (Å²) in [5.74, 6) is -4.14. The van der Waals surface area contributed by atoms with Crippen molar-refractivity contribution in [2.24, 2.45) is 5.73 Å². The number of carbonyl (C=O) groups excluding carboxylic acids is 1. The monoisotopic (exact) mass is 412 g/mol. The maximum absolute atomic E-state index is 14.3. The lowest BCUT2D eigenvalue weighted by Crippen LogP contribution is -2.16. The van der Waals surface area contributed by atoms with Crippen LogP contribution in [0.1, 0.15) is 34.8 Å². The summed E-state index contributed by atoms with van der Waals surface area (Å²) < 4.78 is 76.3. The zero-order chi connectivity index (χ0) is 21.3. The van der Waals surface area contributed by atoms with E-state index in [0.717, 1.165) is 24.3 Å². The van der Waals surface area contributed by atoms with Gasteiger partial charge in [0.05, 0.1) is 5.56 Å². The van der Waals surface area contributed by atoms with Crippen LogP contribution in [0.2, 0.25) is 0 Å². The third-order valence-electron chi connectivity index (χ3n) is 3.98. The highest BCUT2D eigenvalue weighted by Gasteiger charge is 2.30. The molecular formula is C19H13F5N2O3. The van der Waals surface area contributed by atoms with Crippen LogP contribution in [0.3, 0.4) is 0 Å². The Bertz CT molecular complexity index is 1040. The summed E-state index contributed by atoms with van der Waals surface area (Å²) in [5.41, 5.74) is 3.81. The van der Waals surface area contributed by atoms with Gasteiger partial charge in [0.25, 0.3) is 5.91 Å². The number of primary amides is 1. The predicted octanol–water partition coefficient (Wildman–Crippen LogP) is 4.88. The third-order valence-corrected chi connectivity index (χ3v) is 3.98. The van der Waals surface area contributed by atoms with Crippen molar-refractivity contribution >= 4 is 5.91 Å². The van der Waals surface area contributed by atoms with Crippen LogP contribution < -0.4 is 10.5 Å². The van der Waals surface area contributed by atoms with E-state index >= 15 is 0 Å². The molecular weight excluding hydrogens is 399 g/mol. The molecule has 0 saturated carbocycles. The predicted molar refractivity (Wildman–Crippen MR) is 90.9 cm³/mol. The molecule has 1 heterocycles. The average Bonchev–Trinajstić information content (AvgIpc) is 3.13. The molecule has 0 radical (unpaired) electrons. The summed E-state index contributed by atoms with van der Waals surface area (Å²) in [4.78, 5) is 15.3. The highest BCUT2D eigenvalue weighted by Crippen LogP contribution is 2.32. The summed E-state index contributed by atoms with van der Waals surface area (Å²) in [6.07, 6.45) is -4.22. The van der Waals surface area contributed by atoms with Gasteiger partial charge in [0, 0.05) is 5.56 Å². The highest BCUT2D eigenvalue weighted by molar-refractivity contribution is 5.93. The van der Waals surface area contributed by atoms with Crippen molar-refractivity contribution in [3.63, 3.8) is 0 Å². The van der Waals surface area contributed by atoms with Crippen LogP contribution in [-0.2, 0) is 6.18 Å². The fourth-order valence-electron chi connectivity index (χ4n) is 2.53. The van der Waals surface area contributed by atoms with Crippen molar-refractivity contribution in [1.82, 2.24) is 4.98 Å². The zero-order valence-corrected chi connectivity index (χ0v) is 14.8. The second-order valence-corrected chi connectivity index (χ2v) is 6.00. The van der Waals surface area contributed by atoms with Crippen LogP contribution in [0.5, 0.6) is 5.75 Å². The number of amides is 1. The maximum atomic E-state index is 14.3. The molecule has 0 bridgehead atoms. The Labute approximate surface area is 160 Å². The summed E-state index contributed by atoms with van der Waals surface area (Å²) in [5, 5.41) is 0. The number of nitrogens with zero attached hydrogens (tertiary/aromatic N) is 1. The van der Waals surface area contributed by atoms with Gasteiger partial charge in [0.15, 0.2) is 17.7 Å². The smallest absolute Gasteiger partial charge is 0.416 e. The van der Waals surface area contributed by atoms with E-state index in [9.17, 15) is 26.7 Å². The van der Waals surface area contributed by atoms with Crippen molar-refractivity contribution in [2.75, 3.05) is 0 Å². The molecule has 0 aliphatic rings. The summed E-state index contributed by atoms with van der Waals surface area (Å²) in [7, 11) is 0. The van der Waals surface area contributed by atoms with Crippen molar-refractivity contribution in [3.05, 3.63) is 71.3 Å². The Morgan fingerprint density at radius 3 is 2.38 bits per heavy atom. The van der Waals surface area contributed by atoms with E-state index in [2.05, 4.69) is 4.98 Å². The molecule has 152 valence electrons. The van der Waals surface area contributed by atoms with Gasteiger partial charge >= 0.3 is 6.18 Å². The number of halogens is 5. The SMILES string of the molecule is C[C@@H](Oc1ccc(F)c(C(N)=O)c1F)c1nc(-c2ccc(C(F)(F)F)cc2)co1. The quantitative estimate of drug-likeness (QED) is 0.606. The summed E-state index contributed by atoms with van der Waals surface area (Å²) in [6, 6.07) is 6.08. The number of ether oxygens (including phenoxy) is 1. The molecule has 1 atom stereocenters. The highest BCUT2D eigenvalue weighted by atomic mass is 19.4. The minimum Gasteiger partial charge on any atom is -0.478 e. The first kappa shape index (κ1) is 20.3. The van der Waals surface area contributed by atoms with Gasteiger partial charge in [-0.25, -0.2) is 13.8 Å². The Balaban J connectivity index is 1.81. The lowest BCUT2D eigenvalue weighted by molar-refractivity contribution is -0.137. The number of nitrogens with two attached hydrogens (primary N) is 1. The van der Waals surface area contributed by atoms with Crippen molar-refractivity contribution < 1.29 is 35.9 Å². The summed E-state index contributed by atoms with van der Waals surface area (Å²) >= 11 is 0. The van der Waals surface area contributed by atoms with Gasteiger partial charge in [-0.3, -0.25) is 4.79 Å². The van der Waals surface area contributed by atoms with Gasteiger partial charge in [0.2, 0.25) is 5.89 Å². The average molecular weight is 412 g/mol. The molecule has 2 aromatic carbocycles. The first-order valence-corrected chi connectivity index (χ1v) is 8.15. The number of aromatic nitrogens is 1. The Hall–Kier alpha value is -3.43. The van der Waals surface area contributed by atoms with Crippen LogP contribution in [0, 0.1) is 11.6 Å². The summed E-state index contributed by atoms with van der Waals surface area (Å²) in [6.45, 7) is 1.45. The number of oxazole rings is 1. The molecule has 1 aromatic heterocycles. The lowest BCUT2D eigenvalue weighted by Gasteiger charge is -2.13. The van der Waals surface area contributed by atoms with E-state index in [1.807, 2.05) is 0 Å². The first-order valence-electron chi connectivity index (χ1n) is 8.15.